The molecule has 0 saturated heterocycles. The van der Waals surface area contributed by atoms with Crippen LogP contribution in [0.25, 0.3) is 0 Å². The van der Waals surface area contributed by atoms with Crippen LogP contribution in [0.2, 0.25) is 0 Å². The van der Waals surface area contributed by atoms with Crippen molar-refractivity contribution in [3.63, 3.8) is 0 Å². The number of hydrogen-bond acceptors (Lipinski definition) is 4. The van der Waals surface area contributed by atoms with E-state index in [-0.39, 0.29) is 11.6 Å². The van der Waals surface area contributed by atoms with Gasteiger partial charge in [0.1, 0.15) is 5.75 Å². The summed E-state index contributed by atoms with van der Waals surface area (Å²) in [6, 6.07) is 8.73. The standard InChI is InChI=1S/C16H19FN2O2/c1-3-11(4-2)12-5-7-14(8-6-12)21-16-15(17)9-13(19-20)10-18-16/h5-11,19-20H,3-4H2,1-2H3. The Balaban J connectivity index is 2.13. The average Bonchev–Trinajstić information content (AvgIpc) is 2.52. The van der Waals surface area contributed by atoms with Gasteiger partial charge in [0.25, 0.3) is 5.88 Å². The highest BCUT2D eigenvalue weighted by Gasteiger charge is 2.10. The first-order chi connectivity index (χ1) is 10.2. The predicted molar refractivity (Wildman–Crippen MR) is 79.4 cm³/mol. The van der Waals surface area contributed by atoms with E-state index in [0.717, 1.165) is 18.9 Å². The van der Waals surface area contributed by atoms with Crippen LogP contribution in [0.5, 0.6) is 11.6 Å². The molecule has 0 atom stereocenters. The second kappa shape index (κ2) is 7.04. The molecule has 1 aromatic carbocycles. The number of aromatic nitrogens is 1. The van der Waals surface area contributed by atoms with Gasteiger partial charge in [-0.3, -0.25) is 10.7 Å². The Morgan fingerprint density at radius 2 is 1.90 bits per heavy atom. The zero-order chi connectivity index (χ0) is 15.2. The summed E-state index contributed by atoms with van der Waals surface area (Å²) in [5.74, 6) is 0.298. The molecule has 2 aromatic rings. The van der Waals surface area contributed by atoms with Gasteiger partial charge in [0.15, 0.2) is 5.82 Å². The molecule has 0 radical (unpaired) electrons. The monoisotopic (exact) mass is 290 g/mol. The molecule has 0 bridgehead atoms. The molecule has 0 unspecified atom stereocenters. The van der Waals surface area contributed by atoms with Crippen molar-refractivity contribution >= 4 is 5.69 Å². The Morgan fingerprint density at radius 1 is 1.24 bits per heavy atom. The lowest BCUT2D eigenvalue weighted by molar-refractivity contribution is 0.385. The maximum Gasteiger partial charge on any atom is 0.256 e. The number of hydrogen-bond donors (Lipinski definition) is 2. The summed E-state index contributed by atoms with van der Waals surface area (Å²) >= 11 is 0. The van der Waals surface area contributed by atoms with Gasteiger partial charge in [-0.15, -0.1) is 0 Å². The fraction of sp³-hybridized carbons (Fsp3) is 0.312. The van der Waals surface area contributed by atoms with Crippen molar-refractivity contribution in [1.82, 2.24) is 4.98 Å². The van der Waals surface area contributed by atoms with E-state index in [1.54, 1.807) is 0 Å². The molecule has 0 saturated carbocycles. The summed E-state index contributed by atoms with van der Waals surface area (Å²) in [5.41, 5.74) is 3.25. The second-order valence-electron chi connectivity index (χ2n) is 4.81. The third kappa shape index (κ3) is 3.70. The number of anilines is 1. The van der Waals surface area contributed by atoms with Crippen LogP contribution < -0.4 is 10.2 Å². The number of ether oxygens (including phenoxy) is 1. The molecule has 0 aliphatic carbocycles. The molecular formula is C16H19FN2O2. The van der Waals surface area contributed by atoms with E-state index in [9.17, 15) is 4.39 Å². The molecule has 4 nitrogen and oxygen atoms in total. The summed E-state index contributed by atoms with van der Waals surface area (Å²) < 4.78 is 19.1. The van der Waals surface area contributed by atoms with Crippen molar-refractivity contribution in [3.8, 4) is 11.6 Å². The molecule has 0 spiro atoms. The lowest BCUT2D eigenvalue weighted by Crippen LogP contribution is -1.97. The first kappa shape index (κ1) is 15.3. The molecule has 0 aliphatic heterocycles. The zero-order valence-corrected chi connectivity index (χ0v) is 12.1. The van der Waals surface area contributed by atoms with Crippen molar-refractivity contribution in [2.75, 3.05) is 5.48 Å². The molecule has 21 heavy (non-hydrogen) atoms. The Hall–Kier alpha value is -2.14. The van der Waals surface area contributed by atoms with Crippen LogP contribution in [-0.2, 0) is 0 Å². The van der Waals surface area contributed by atoms with Gasteiger partial charge in [-0.25, -0.2) is 9.37 Å². The summed E-state index contributed by atoms with van der Waals surface area (Å²) in [5, 5.41) is 8.67. The summed E-state index contributed by atoms with van der Waals surface area (Å²) in [7, 11) is 0. The Morgan fingerprint density at radius 3 is 2.43 bits per heavy atom. The van der Waals surface area contributed by atoms with Gasteiger partial charge >= 0.3 is 0 Å². The van der Waals surface area contributed by atoms with E-state index in [1.165, 1.54) is 11.8 Å². The number of pyridine rings is 1. The van der Waals surface area contributed by atoms with E-state index < -0.39 is 5.82 Å². The number of nitrogens with zero attached hydrogens (tertiary/aromatic N) is 1. The Labute approximate surface area is 123 Å². The van der Waals surface area contributed by atoms with Gasteiger partial charge in [0.2, 0.25) is 0 Å². The van der Waals surface area contributed by atoms with E-state index in [0.29, 0.717) is 11.7 Å². The third-order valence-electron chi connectivity index (χ3n) is 3.49. The van der Waals surface area contributed by atoms with Crippen molar-refractivity contribution in [1.29, 1.82) is 0 Å². The van der Waals surface area contributed by atoms with Gasteiger partial charge in [-0.05, 0) is 36.5 Å². The maximum absolute atomic E-state index is 13.7. The molecule has 0 aliphatic rings. The third-order valence-corrected chi connectivity index (χ3v) is 3.49. The van der Waals surface area contributed by atoms with Crippen LogP contribution in [0, 0.1) is 5.82 Å². The largest absolute Gasteiger partial charge is 0.436 e. The molecule has 2 rings (SSSR count). The summed E-state index contributed by atoms with van der Waals surface area (Å²) in [6.45, 7) is 4.32. The number of benzene rings is 1. The highest BCUT2D eigenvalue weighted by Crippen LogP contribution is 2.28. The quantitative estimate of drug-likeness (QED) is 0.756. The minimum Gasteiger partial charge on any atom is -0.436 e. The smallest absolute Gasteiger partial charge is 0.256 e. The maximum atomic E-state index is 13.7. The second-order valence-corrected chi connectivity index (χ2v) is 4.81. The number of nitrogens with one attached hydrogen (secondary N) is 1. The van der Waals surface area contributed by atoms with Crippen LogP contribution in [-0.4, -0.2) is 10.2 Å². The summed E-state index contributed by atoms with van der Waals surface area (Å²) in [6.07, 6.45) is 3.46. The lowest BCUT2D eigenvalue weighted by atomic mass is 9.94. The van der Waals surface area contributed by atoms with E-state index in [2.05, 4.69) is 18.8 Å². The molecule has 1 heterocycles. The van der Waals surface area contributed by atoms with Crippen LogP contribution >= 0.6 is 0 Å². The predicted octanol–water partition coefficient (Wildman–Crippen LogP) is 4.72. The fourth-order valence-electron chi connectivity index (χ4n) is 2.24. The van der Waals surface area contributed by atoms with Crippen LogP contribution in [0.3, 0.4) is 0 Å². The van der Waals surface area contributed by atoms with Gasteiger partial charge in [0.05, 0.1) is 11.9 Å². The van der Waals surface area contributed by atoms with Crippen molar-refractivity contribution in [3.05, 3.63) is 47.9 Å². The van der Waals surface area contributed by atoms with Crippen LogP contribution in [0.15, 0.2) is 36.5 Å². The molecular weight excluding hydrogens is 271 g/mol. The average molecular weight is 290 g/mol. The topological polar surface area (TPSA) is 54.4 Å². The van der Waals surface area contributed by atoms with Gasteiger partial charge in [-0.1, -0.05) is 26.0 Å². The SMILES string of the molecule is CCC(CC)c1ccc(Oc2ncc(NO)cc2F)cc1. The lowest BCUT2D eigenvalue weighted by Gasteiger charge is -2.13. The highest BCUT2D eigenvalue weighted by molar-refractivity contribution is 5.41. The molecule has 1 aromatic heterocycles. The van der Waals surface area contributed by atoms with Crippen molar-refractivity contribution < 1.29 is 14.3 Å². The number of halogens is 1. The highest BCUT2D eigenvalue weighted by atomic mass is 19.1. The van der Waals surface area contributed by atoms with Gasteiger partial charge < -0.3 is 4.74 Å². The van der Waals surface area contributed by atoms with Gasteiger partial charge in [-0.2, -0.15) is 0 Å². The van der Waals surface area contributed by atoms with Crippen molar-refractivity contribution in [2.24, 2.45) is 0 Å². The number of rotatable bonds is 6. The van der Waals surface area contributed by atoms with Crippen molar-refractivity contribution in [2.45, 2.75) is 32.6 Å². The van der Waals surface area contributed by atoms with E-state index in [4.69, 9.17) is 9.94 Å². The molecule has 0 fully saturated rings. The Bertz CT molecular complexity index is 583. The minimum absolute atomic E-state index is 0.121. The normalized spacial score (nSPS) is 10.7. The van der Waals surface area contributed by atoms with E-state index >= 15 is 0 Å². The van der Waals surface area contributed by atoms with Crippen LogP contribution in [0.1, 0.15) is 38.2 Å². The molecule has 5 heteroatoms. The van der Waals surface area contributed by atoms with Crippen LogP contribution in [0.4, 0.5) is 10.1 Å². The molecule has 0 amide bonds. The first-order valence-corrected chi connectivity index (χ1v) is 7.01. The van der Waals surface area contributed by atoms with E-state index in [1.807, 2.05) is 29.7 Å². The summed E-state index contributed by atoms with van der Waals surface area (Å²) in [4.78, 5) is 3.81. The molecule has 2 N–H and O–H groups in total. The van der Waals surface area contributed by atoms with Gasteiger partial charge in [0, 0.05) is 6.07 Å². The minimum atomic E-state index is -0.641. The molecule has 112 valence electrons. The Kier molecular flexibility index (Phi) is 5.11. The first-order valence-electron chi connectivity index (χ1n) is 7.01. The fourth-order valence-corrected chi connectivity index (χ4v) is 2.24. The zero-order valence-electron chi connectivity index (χ0n) is 12.1.